The maximum Gasteiger partial charge on any atom is 0.246 e. The molecule has 0 radical (unpaired) electrons. The zero-order valence-electron chi connectivity index (χ0n) is 8.10. The Morgan fingerprint density at radius 2 is 2.43 bits per heavy atom. The van der Waals surface area contributed by atoms with Crippen molar-refractivity contribution in [3.05, 3.63) is 24.2 Å². The summed E-state index contributed by atoms with van der Waals surface area (Å²) in [6.07, 6.45) is 2.47. The Morgan fingerprint density at radius 1 is 1.57 bits per heavy atom. The van der Waals surface area contributed by atoms with E-state index in [0.29, 0.717) is 18.2 Å². The number of rotatable bonds is 3. The molecule has 1 unspecified atom stereocenters. The molecular weight excluding hydrogens is 178 g/mol. The van der Waals surface area contributed by atoms with Crippen LogP contribution in [0.25, 0.3) is 11.2 Å². The van der Waals surface area contributed by atoms with Crippen LogP contribution in [0.4, 0.5) is 0 Å². The molecule has 0 aliphatic heterocycles. The predicted molar refractivity (Wildman–Crippen MR) is 53.7 cm³/mol. The molecule has 0 aromatic carbocycles. The first-order chi connectivity index (χ1) is 6.79. The number of nitrogens with zero attached hydrogens (tertiary/aromatic N) is 2. The van der Waals surface area contributed by atoms with Crippen molar-refractivity contribution in [1.29, 1.82) is 0 Å². The van der Waals surface area contributed by atoms with E-state index >= 15 is 0 Å². The van der Waals surface area contributed by atoms with Crippen LogP contribution in [0, 0.1) is 5.92 Å². The van der Waals surface area contributed by atoms with E-state index in [4.69, 9.17) is 10.2 Å². The molecule has 2 rings (SSSR count). The topological polar surface area (TPSA) is 64.9 Å². The van der Waals surface area contributed by atoms with Gasteiger partial charge >= 0.3 is 0 Å². The average molecular weight is 191 g/mol. The van der Waals surface area contributed by atoms with Gasteiger partial charge in [-0.1, -0.05) is 6.92 Å². The lowest BCUT2D eigenvalue weighted by molar-refractivity contribution is 0.464. The van der Waals surface area contributed by atoms with Crippen molar-refractivity contribution < 1.29 is 4.42 Å². The zero-order chi connectivity index (χ0) is 9.97. The summed E-state index contributed by atoms with van der Waals surface area (Å²) in [6, 6.07) is 3.74. The van der Waals surface area contributed by atoms with Crippen molar-refractivity contribution in [3.63, 3.8) is 0 Å². The van der Waals surface area contributed by atoms with Crippen molar-refractivity contribution >= 4 is 11.2 Å². The minimum atomic E-state index is 0.392. The van der Waals surface area contributed by atoms with Gasteiger partial charge in [0.25, 0.3) is 0 Å². The fraction of sp³-hybridized carbons (Fsp3) is 0.400. The van der Waals surface area contributed by atoms with Gasteiger partial charge in [0.1, 0.15) is 5.52 Å². The lowest BCUT2D eigenvalue weighted by atomic mass is 10.1. The quantitative estimate of drug-likeness (QED) is 0.795. The lowest BCUT2D eigenvalue weighted by Gasteiger charge is -2.02. The number of hydrogen-bond acceptors (Lipinski definition) is 4. The van der Waals surface area contributed by atoms with Gasteiger partial charge in [-0.25, -0.2) is 9.97 Å². The molecule has 0 aliphatic rings. The van der Waals surface area contributed by atoms with Gasteiger partial charge in [-0.15, -0.1) is 0 Å². The zero-order valence-corrected chi connectivity index (χ0v) is 8.10. The maximum absolute atomic E-state index is 5.53. The van der Waals surface area contributed by atoms with Crippen LogP contribution >= 0.6 is 0 Å². The van der Waals surface area contributed by atoms with E-state index in [1.165, 1.54) is 0 Å². The highest BCUT2D eigenvalue weighted by atomic mass is 16.4. The smallest absolute Gasteiger partial charge is 0.246 e. The Labute approximate surface area is 82.1 Å². The second-order valence-electron chi connectivity index (χ2n) is 3.48. The first-order valence-electron chi connectivity index (χ1n) is 4.70. The molecule has 0 aliphatic carbocycles. The van der Waals surface area contributed by atoms with Crippen molar-refractivity contribution in [2.75, 3.05) is 6.54 Å². The van der Waals surface area contributed by atoms with Gasteiger partial charge in [-0.2, -0.15) is 0 Å². The molecule has 4 nitrogen and oxygen atoms in total. The molecule has 0 spiro atoms. The van der Waals surface area contributed by atoms with Crippen LogP contribution in [0.3, 0.4) is 0 Å². The molecule has 0 amide bonds. The van der Waals surface area contributed by atoms with E-state index in [9.17, 15) is 0 Å². The molecule has 0 fully saturated rings. The van der Waals surface area contributed by atoms with Crippen LogP contribution < -0.4 is 5.73 Å². The highest BCUT2D eigenvalue weighted by molar-refractivity contribution is 5.67. The molecule has 0 bridgehead atoms. The monoisotopic (exact) mass is 191 g/mol. The van der Waals surface area contributed by atoms with Gasteiger partial charge in [-0.05, 0) is 24.6 Å². The molecule has 2 aromatic rings. The highest BCUT2D eigenvalue weighted by Crippen LogP contribution is 2.14. The Hall–Kier alpha value is -1.42. The van der Waals surface area contributed by atoms with Gasteiger partial charge in [0.15, 0.2) is 5.89 Å². The van der Waals surface area contributed by atoms with Gasteiger partial charge in [0.2, 0.25) is 5.71 Å². The number of nitrogens with two attached hydrogens (primary N) is 1. The van der Waals surface area contributed by atoms with Crippen molar-refractivity contribution in [2.45, 2.75) is 13.3 Å². The molecule has 1 atom stereocenters. The van der Waals surface area contributed by atoms with Gasteiger partial charge in [0.05, 0.1) is 0 Å². The van der Waals surface area contributed by atoms with Crippen LogP contribution in [-0.2, 0) is 6.42 Å². The summed E-state index contributed by atoms with van der Waals surface area (Å²) in [5.74, 6) is 1.11. The molecule has 14 heavy (non-hydrogen) atoms. The van der Waals surface area contributed by atoms with Crippen LogP contribution in [0.1, 0.15) is 12.8 Å². The molecule has 2 heterocycles. The third kappa shape index (κ3) is 1.75. The standard InChI is InChI=1S/C10H13N3O/c1-7(6-11)5-9-13-8-3-2-4-12-10(8)14-9/h2-4,7H,5-6,11H2,1H3. The Bertz CT molecular complexity index is 391. The molecule has 0 saturated heterocycles. The van der Waals surface area contributed by atoms with Crippen LogP contribution in [-0.4, -0.2) is 16.5 Å². The van der Waals surface area contributed by atoms with Crippen LogP contribution in [0.2, 0.25) is 0 Å². The first-order valence-corrected chi connectivity index (χ1v) is 4.70. The van der Waals surface area contributed by atoms with E-state index in [1.807, 2.05) is 12.1 Å². The Morgan fingerprint density at radius 3 is 3.14 bits per heavy atom. The third-order valence-corrected chi connectivity index (χ3v) is 2.14. The maximum atomic E-state index is 5.53. The largest absolute Gasteiger partial charge is 0.422 e. The molecular formula is C10H13N3O. The van der Waals surface area contributed by atoms with Crippen molar-refractivity contribution in [1.82, 2.24) is 9.97 Å². The van der Waals surface area contributed by atoms with E-state index in [1.54, 1.807) is 6.20 Å². The fourth-order valence-corrected chi connectivity index (χ4v) is 1.28. The lowest BCUT2D eigenvalue weighted by Crippen LogP contribution is -2.13. The Balaban J connectivity index is 2.27. The molecule has 2 N–H and O–H groups in total. The van der Waals surface area contributed by atoms with Gasteiger partial charge in [-0.3, -0.25) is 0 Å². The van der Waals surface area contributed by atoms with Crippen molar-refractivity contribution in [2.24, 2.45) is 11.7 Å². The van der Waals surface area contributed by atoms with Crippen molar-refractivity contribution in [3.8, 4) is 0 Å². The second kappa shape index (κ2) is 3.75. The first kappa shape index (κ1) is 9.15. The van der Waals surface area contributed by atoms with E-state index in [-0.39, 0.29) is 0 Å². The fourth-order valence-electron chi connectivity index (χ4n) is 1.28. The minimum Gasteiger partial charge on any atom is -0.422 e. The normalized spacial score (nSPS) is 13.3. The van der Waals surface area contributed by atoms with Crippen LogP contribution in [0.5, 0.6) is 0 Å². The molecule has 4 heteroatoms. The Kier molecular flexibility index (Phi) is 2.45. The minimum absolute atomic E-state index is 0.392. The average Bonchev–Trinajstić information content (AvgIpc) is 2.59. The SMILES string of the molecule is CC(CN)Cc1nc2cccnc2o1. The molecule has 0 saturated carbocycles. The number of aromatic nitrogens is 2. The number of pyridine rings is 1. The summed E-state index contributed by atoms with van der Waals surface area (Å²) in [5.41, 5.74) is 6.94. The summed E-state index contributed by atoms with van der Waals surface area (Å²) in [5, 5.41) is 0. The number of fused-ring (bicyclic) bond motifs is 1. The van der Waals surface area contributed by atoms with E-state index < -0.39 is 0 Å². The number of oxazole rings is 1. The van der Waals surface area contributed by atoms with E-state index in [0.717, 1.165) is 17.8 Å². The molecule has 74 valence electrons. The van der Waals surface area contributed by atoms with Crippen LogP contribution in [0.15, 0.2) is 22.7 Å². The van der Waals surface area contributed by atoms with Gasteiger partial charge < -0.3 is 10.2 Å². The molecule has 2 aromatic heterocycles. The summed E-state index contributed by atoms with van der Waals surface area (Å²) < 4.78 is 5.46. The highest BCUT2D eigenvalue weighted by Gasteiger charge is 2.08. The van der Waals surface area contributed by atoms with E-state index in [2.05, 4.69) is 16.9 Å². The predicted octanol–water partition coefficient (Wildman–Crippen LogP) is 1.36. The van der Waals surface area contributed by atoms with Gasteiger partial charge in [0, 0.05) is 12.6 Å². The third-order valence-electron chi connectivity index (χ3n) is 2.14. The number of hydrogen-bond donors (Lipinski definition) is 1. The summed E-state index contributed by atoms with van der Waals surface area (Å²) in [7, 11) is 0. The summed E-state index contributed by atoms with van der Waals surface area (Å²) in [6.45, 7) is 2.72. The second-order valence-corrected chi connectivity index (χ2v) is 3.48. The summed E-state index contributed by atoms with van der Waals surface area (Å²) in [4.78, 5) is 8.39. The summed E-state index contributed by atoms with van der Waals surface area (Å²) >= 11 is 0.